The number of hydrogen-bond acceptors (Lipinski definition) is 5. The quantitative estimate of drug-likeness (QED) is 0.335. The molecule has 0 aromatic heterocycles. The van der Waals surface area contributed by atoms with E-state index in [4.69, 9.17) is 5.11 Å². The summed E-state index contributed by atoms with van der Waals surface area (Å²) in [7, 11) is 0. The minimum Gasteiger partial charge on any atom is -0.508 e. The Hall–Kier alpha value is -3.68. The minimum atomic E-state index is -1.30. The molecule has 2 rings (SSSR count). The molecule has 0 saturated carbocycles. The number of phenolic OH excluding ortho intramolecular Hbond substituents is 1. The second-order valence-electron chi connectivity index (χ2n) is 4.71. The maximum absolute atomic E-state index is 11.9. The van der Waals surface area contributed by atoms with Crippen molar-refractivity contribution in [2.75, 3.05) is 5.32 Å². The zero-order valence-corrected chi connectivity index (χ0v) is 12.2. The van der Waals surface area contributed by atoms with Gasteiger partial charge in [0.1, 0.15) is 5.75 Å². The first-order valence-electron chi connectivity index (χ1n) is 6.66. The zero-order chi connectivity index (χ0) is 17.7. The van der Waals surface area contributed by atoms with Gasteiger partial charge in [-0.25, -0.2) is 4.79 Å². The summed E-state index contributed by atoms with van der Waals surface area (Å²) in [5, 5.41) is 31.4. The van der Waals surface area contributed by atoms with Crippen molar-refractivity contribution in [3.05, 3.63) is 69.8 Å². The molecule has 0 saturated heterocycles. The van der Waals surface area contributed by atoms with Gasteiger partial charge in [0.05, 0.1) is 16.2 Å². The summed E-state index contributed by atoms with van der Waals surface area (Å²) >= 11 is 0. The third-order valence-corrected chi connectivity index (χ3v) is 3.00. The van der Waals surface area contributed by atoms with Gasteiger partial charge in [-0.15, -0.1) is 0 Å². The van der Waals surface area contributed by atoms with E-state index in [0.717, 1.165) is 12.1 Å². The van der Waals surface area contributed by atoms with Gasteiger partial charge < -0.3 is 15.5 Å². The number of non-ortho nitro benzene ring substituents is 1. The molecule has 24 heavy (non-hydrogen) atoms. The number of carboxylic acids is 1. The molecule has 2 aromatic rings. The number of nitrogens with one attached hydrogen (secondary N) is 1. The number of carbonyl (C=O) groups is 2. The molecule has 2 aromatic carbocycles. The van der Waals surface area contributed by atoms with E-state index < -0.39 is 16.8 Å². The monoisotopic (exact) mass is 328 g/mol. The summed E-state index contributed by atoms with van der Waals surface area (Å²) in [5.74, 6) is -2.16. The molecule has 0 radical (unpaired) electrons. The first-order valence-corrected chi connectivity index (χ1v) is 6.66. The number of aromatic carboxylic acids is 1. The fourth-order valence-corrected chi connectivity index (χ4v) is 1.91. The average molecular weight is 328 g/mol. The summed E-state index contributed by atoms with van der Waals surface area (Å²) in [6, 6.07) is 9.21. The van der Waals surface area contributed by atoms with Crippen LogP contribution in [0.1, 0.15) is 15.9 Å². The molecule has 1 amide bonds. The van der Waals surface area contributed by atoms with Crippen molar-refractivity contribution in [2.24, 2.45) is 0 Å². The number of rotatable bonds is 5. The lowest BCUT2D eigenvalue weighted by molar-refractivity contribution is -0.384. The van der Waals surface area contributed by atoms with Crippen molar-refractivity contribution >= 4 is 29.3 Å². The number of amides is 1. The van der Waals surface area contributed by atoms with Crippen molar-refractivity contribution in [1.29, 1.82) is 0 Å². The Morgan fingerprint density at radius 1 is 1.17 bits per heavy atom. The molecule has 0 aliphatic heterocycles. The molecule has 122 valence electrons. The maximum atomic E-state index is 11.9. The van der Waals surface area contributed by atoms with Crippen LogP contribution in [-0.2, 0) is 4.79 Å². The van der Waals surface area contributed by atoms with E-state index in [1.54, 1.807) is 6.07 Å². The Morgan fingerprint density at radius 3 is 2.58 bits per heavy atom. The van der Waals surface area contributed by atoms with E-state index in [1.807, 2.05) is 0 Å². The molecule has 0 fully saturated rings. The third kappa shape index (κ3) is 4.17. The topological polar surface area (TPSA) is 130 Å². The Balaban J connectivity index is 2.15. The van der Waals surface area contributed by atoms with Crippen LogP contribution in [0.15, 0.2) is 48.5 Å². The van der Waals surface area contributed by atoms with Crippen molar-refractivity contribution < 1.29 is 24.7 Å². The highest BCUT2D eigenvalue weighted by molar-refractivity contribution is 6.06. The van der Waals surface area contributed by atoms with E-state index in [9.17, 15) is 24.8 Å². The molecule has 8 heteroatoms. The summed E-state index contributed by atoms with van der Waals surface area (Å²) in [5.41, 5.74) is 0.105. The third-order valence-electron chi connectivity index (χ3n) is 3.00. The fraction of sp³-hybridized carbons (Fsp3) is 0. The van der Waals surface area contributed by atoms with Crippen molar-refractivity contribution in [3.8, 4) is 5.75 Å². The number of nitro benzene ring substituents is 1. The Labute approximate surface area is 135 Å². The van der Waals surface area contributed by atoms with Gasteiger partial charge in [-0.2, -0.15) is 0 Å². The largest absolute Gasteiger partial charge is 0.508 e. The molecule has 0 heterocycles. The van der Waals surface area contributed by atoms with E-state index in [0.29, 0.717) is 5.56 Å². The number of phenols is 1. The maximum Gasteiger partial charge on any atom is 0.337 e. The highest BCUT2D eigenvalue weighted by atomic mass is 16.6. The van der Waals surface area contributed by atoms with E-state index in [1.165, 1.54) is 36.4 Å². The summed E-state index contributed by atoms with van der Waals surface area (Å²) in [4.78, 5) is 33.1. The minimum absolute atomic E-state index is 0.0222. The van der Waals surface area contributed by atoms with Gasteiger partial charge in [0, 0.05) is 18.2 Å². The second kappa shape index (κ2) is 7.05. The molecular formula is C16H12N2O6. The molecule has 0 aliphatic rings. The van der Waals surface area contributed by atoms with Gasteiger partial charge in [-0.1, -0.05) is 12.1 Å². The van der Waals surface area contributed by atoms with Gasteiger partial charge in [0.2, 0.25) is 5.91 Å². The van der Waals surface area contributed by atoms with Crippen LogP contribution >= 0.6 is 0 Å². The van der Waals surface area contributed by atoms with Crippen LogP contribution in [0.2, 0.25) is 0 Å². The number of hydrogen-bond donors (Lipinski definition) is 3. The zero-order valence-electron chi connectivity index (χ0n) is 12.2. The number of nitro groups is 1. The molecule has 0 spiro atoms. The number of nitrogens with zero attached hydrogens (tertiary/aromatic N) is 1. The number of carbonyl (C=O) groups excluding carboxylic acids is 1. The van der Waals surface area contributed by atoms with Gasteiger partial charge in [0.15, 0.2) is 0 Å². The van der Waals surface area contributed by atoms with Crippen LogP contribution < -0.4 is 5.32 Å². The van der Waals surface area contributed by atoms with Crippen LogP contribution in [-0.4, -0.2) is 27.0 Å². The number of benzene rings is 2. The molecule has 0 unspecified atom stereocenters. The lowest BCUT2D eigenvalue weighted by Crippen LogP contribution is -2.11. The summed E-state index contributed by atoms with van der Waals surface area (Å²) < 4.78 is 0. The number of aromatic hydroxyl groups is 1. The van der Waals surface area contributed by atoms with Crippen LogP contribution in [0.4, 0.5) is 11.4 Å². The SMILES string of the molecule is O=C(/C=C/c1cccc([N+](=O)[O-])c1)Nc1ccc(O)cc1C(=O)O. The number of carboxylic acid groups (broad SMARTS) is 1. The van der Waals surface area contributed by atoms with Crippen LogP contribution in [0, 0.1) is 10.1 Å². The lowest BCUT2D eigenvalue weighted by atomic mass is 10.1. The van der Waals surface area contributed by atoms with Gasteiger partial charge in [-0.05, 0) is 29.8 Å². The molecule has 0 aliphatic carbocycles. The van der Waals surface area contributed by atoms with Crippen LogP contribution in [0.5, 0.6) is 5.75 Å². The molecular weight excluding hydrogens is 316 g/mol. The van der Waals surface area contributed by atoms with Crippen molar-refractivity contribution in [1.82, 2.24) is 0 Å². The summed E-state index contributed by atoms with van der Waals surface area (Å²) in [6.07, 6.45) is 2.49. The van der Waals surface area contributed by atoms with Crippen molar-refractivity contribution in [2.45, 2.75) is 0 Å². The van der Waals surface area contributed by atoms with Crippen LogP contribution in [0.25, 0.3) is 6.08 Å². The predicted octanol–water partition coefficient (Wildman–Crippen LogP) is 2.65. The standard InChI is InChI=1S/C16H12N2O6/c19-12-5-6-14(13(9-12)16(21)22)17-15(20)7-4-10-2-1-3-11(8-10)18(23)24/h1-9,19H,(H,17,20)(H,21,22)/b7-4+. The Kier molecular flexibility index (Phi) is 4.90. The van der Waals surface area contributed by atoms with E-state index in [-0.39, 0.29) is 22.7 Å². The Morgan fingerprint density at radius 2 is 1.92 bits per heavy atom. The average Bonchev–Trinajstić information content (AvgIpc) is 2.54. The molecule has 0 atom stereocenters. The predicted molar refractivity (Wildman–Crippen MR) is 85.8 cm³/mol. The van der Waals surface area contributed by atoms with E-state index >= 15 is 0 Å². The normalized spacial score (nSPS) is 10.5. The van der Waals surface area contributed by atoms with Gasteiger partial charge >= 0.3 is 5.97 Å². The first kappa shape index (κ1) is 16.7. The highest BCUT2D eigenvalue weighted by Crippen LogP contribution is 2.21. The first-order chi connectivity index (χ1) is 11.4. The lowest BCUT2D eigenvalue weighted by Gasteiger charge is -2.06. The highest BCUT2D eigenvalue weighted by Gasteiger charge is 2.12. The van der Waals surface area contributed by atoms with Gasteiger partial charge in [0.25, 0.3) is 5.69 Å². The molecule has 0 bridgehead atoms. The smallest absolute Gasteiger partial charge is 0.337 e. The van der Waals surface area contributed by atoms with Crippen molar-refractivity contribution in [3.63, 3.8) is 0 Å². The van der Waals surface area contributed by atoms with E-state index in [2.05, 4.69) is 5.32 Å². The Bertz CT molecular complexity index is 844. The second-order valence-corrected chi connectivity index (χ2v) is 4.71. The van der Waals surface area contributed by atoms with Gasteiger partial charge in [-0.3, -0.25) is 14.9 Å². The number of anilines is 1. The molecule has 8 nitrogen and oxygen atoms in total. The summed E-state index contributed by atoms with van der Waals surface area (Å²) in [6.45, 7) is 0. The van der Waals surface area contributed by atoms with Crippen LogP contribution in [0.3, 0.4) is 0 Å². The fourth-order valence-electron chi connectivity index (χ4n) is 1.91. The molecule has 3 N–H and O–H groups in total.